The molecule has 0 saturated carbocycles. The molecule has 2 aromatic heterocycles. The van der Waals surface area contributed by atoms with Crippen molar-refractivity contribution in [3.8, 4) is 0 Å². The highest BCUT2D eigenvalue weighted by atomic mass is 32.1. The minimum absolute atomic E-state index is 0.0501. The van der Waals surface area contributed by atoms with Crippen molar-refractivity contribution < 1.29 is 9.21 Å². The molecular weight excluding hydrogens is 298 g/mol. The van der Waals surface area contributed by atoms with E-state index in [9.17, 15) is 4.79 Å². The van der Waals surface area contributed by atoms with E-state index < -0.39 is 0 Å². The van der Waals surface area contributed by atoms with Crippen molar-refractivity contribution in [2.45, 2.75) is 53.0 Å². The van der Waals surface area contributed by atoms with Gasteiger partial charge in [-0.25, -0.2) is 9.97 Å². The number of aryl methyl sites for hydroxylation is 2. The van der Waals surface area contributed by atoms with Gasteiger partial charge in [-0.05, 0) is 13.8 Å². The van der Waals surface area contributed by atoms with E-state index in [0.717, 1.165) is 39.3 Å². The lowest BCUT2D eigenvalue weighted by atomic mass is 9.97. The predicted molar refractivity (Wildman–Crippen MR) is 85.2 cm³/mol. The molecule has 1 aliphatic heterocycles. The maximum Gasteiger partial charge on any atom is 0.266 e. The van der Waals surface area contributed by atoms with E-state index in [-0.39, 0.29) is 11.3 Å². The van der Waals surface area contributed by atoms with Gasteiger partial charge in [0, 0.05) is 18.4 Å². The molecule has 118 valence electrons. The molecule has 1 aliphatic rings. The highest BCUT2D eigenvalue weighted by molar-refractivity contribution is 7.13. The van der Waals surface area contributed by atoms with Crippen molar-refractivity contribution in [3.05, 3.63) is 32.9 Å². The first-order valence-electron chi connectivity index (χ1n) is 7.48. The van der Waals surface area contributed by atoms with E-state index in [0.29, 0.717) is 13.1 Å². The number of thiazole rings is 1. The van der Waals surface area contributed by atoms with E-state index in [1.807, 2.05) is 18.7 Å². The highest BCUT2D eigenvalue weighted by Gasteiger charge is 2.30. The van der Waals surface area contributed by atoms with Crippen molar-refractivity contribution in [1.82, 2.24) is 14.9 Å². The zero-order valence-electron chi connectivity index (χ0n) is 13.7. The van der Waals surface area contributed by atoms with E-state index in [4.69, 9.17) is 4.42 Å². The summed E-state index contributed by atoms with van der Waals surface area (Å²) in [6.07, 6.45) is 0.723. The summed E-state index contributed by atoms with van der Waals surface area (Å²) in [6, 6.07) is 0. The lowest BCUT2D eigenvalue weighted by molar-refractivity contribution is 0.0731. The Morgan fingerprint density at radius 3 is 2.59 bits per heavy atom. The number of rotatable bonds is 1. The molecule has 0 unspecified atom stereocenters. The fraction of sp³-hybridized carbons (Fsp3) is 0.562. The van der Waals surface area contributed by atoms with Crippen LogP contribution in [-0.4, -0.2) is 27.3 Å². The average Bonchev–Trinajstić information content (AvgIpc) is 2.99. The quantitative estimate of drug-likeness (QED) is 0.809. The van der Waals surface area contributed by atoms with E-state index >= 15 is 0 Å². The van der Waals surface area contributed by atoms with Crippen LogP contribution in [0.3, 0.4) is 0 Å². The fourth-order valence-corrected chi connectivity index (χ4v) is 3.45. The van der Waals surface area contributed by atoms with Gasteiger partial charge >= 0.3 is 0 Å². The van der Waals surface area contributed by atoms with E-state index in [1.54, 1.807) is 0 Å². The fourth-order valence-electron chi connectivity index (χ4n) is 2.57. The maximum absolute atomic E-state index is 12.7. The Morgan fingerprint density at radius 2 is 2.00 bits per heavy atom. The van der Waals surface area contributed by atoms with Crippen LogP contribution in [0.5, 0.6) is 0 Å². The smallest absolute Gasteiger partial charge is 0.266 e. The summed E-state index contributed by atoms with van der Waals surface area (Å²) in [4.78, 5) is 24.2. The molecule has 3 heterocycles. The number of carbonyl (C=O) groups excluding carboxylic acids is 1. The number of oxazole rings is 1. The molecule has 2 aromatic rings. The van der Waals surface area contributed by atoms with Crippen LogP contribution in [0.2, 0.25) is 0 Å². The van der Waals surface area contributed by atoms with E-state index in [1.165, 1.54) is 11.3 Å². The summed E-state index contributed by atoms with van der Waals surface area (Å²) in [5, 5.41) is 0.926. The molecule has 0 saturated heterocycles. The molecule has 6 heteroatoms. The summed E-state index contributed by atoms with van der Waals surface area (Å²) in [5.41, 5.74) is 1.59. The normalized spacial score (nSPS) is 15.0. The molecule has 0 spiro atoms. The Hall–Kier alpha value is -1.69. The first kappa shape index (κ1) is 15.2. The standard InChI is InChI=1S/C16H21N3O2S/c1-9-13(22-10(2)17-9)14(20)19-7-6-12-11(8-19)18-15(21-12)16(3,4)5/h6-8H2,1-5H3. The molecule has 0 N–H and O–H groups in total. The number of fused-ring (bicyclic) bond motifs is 1. The molecule has 0 aromatic carbocycles. The van der Waals surface area contributed by atoms with Crippen molar-refractivity contribution >= 4 is 17.2 Å². The monoisotopic (exact) mass is 319 g/mol. The van der Waals surface area contributed by atoms with Gasteiger partial charge in [0.2, 0.25) is 0 Å². The SMILES string of the molecule is Cc1nc(C)c(C(=O)N2CCc3oc(C(C)(C)C)nc3C2)s1. The number of nitrogens with zero attached hydrogens (tertiary/aromatic N) is 3. The first-order chi connectivity index (χ1) is 10.3. The van der Waals surface area contributed by atoms with E-state index in [2.05, 4.69) is 30.7 Å². The Labute approximate surface area is 134 Å². The molecule has 0 bridgehead atoms. The molecule has 0 atom stereocenters. The summed E-state index contributed by atoms with van der Waals surface area (Å²) < 4.78 is 5.87. The van der Waals surface area contributed by atoms with Gasteiger partial charge in [0.15, 0.2) is 5.89 Å². The second-order valence-electron chi connectivity index (χ2n) is 6.76. The van der Waals surface area contributed by atoms with Gasteiger partial charge < -0.3 is 9.32 Å². The van der Waals surface area contributed by atoms with Crippen LogP contribution in [0, 0.1) is 13.8 Å². The van der Waals surface area contributed by atoms with Crippen LogP contribution in [0.15, 0.2) is 4.42 Å². The van der Waals surface area contributed by atoms with Gasteiger partial charge in [0.25, 0.3) is 5.91 Å². The minimum Gasteiger partial charge on any atom is -0.445 e. The highest BCUT2D eigenvalue weighted by Crippen LogP contribution is 2.28. The molecule has 0 aliphatic carbocycles. The van der Waals surface area contributed by atoms with Gasteiger partial charge in [-0.1, -0.05) is 20.8 Å². The minimum atomic E-state index is -0.114. The topological polar surface area (TPSA) is 59.2 Å². The van der Waals surface area contributed by atoms with Crippen LogP contribution in [0.1, 0.15) is 58.5 Å². The van der Waals surface area contributed by atoms with Gasteiger partial charge in [0.1, 0.15) is 16.3 Å². The number of carbonyl (C=O) groups is 1. The molecule has 22 heavy (non-hydrogen) atoms. The van der Waals surface area contributed by atoms with Gasteiger partial charge in [-0.2, -0.15) is 0 Å². The largest absolute Gasteiger partial charge is 0.445 e. The van der Waals surface area contributed by atoms with Crippen LogP contribution in [0.4, 0.5) is 0 Å². The van der Waals surface area contributed by atoms with Crippen LogP contribution >= 0.6 is 11.3 Å². The summed E-state index contributed by atoms with van der Waals surface area (Å²) >= 11 is 1.46. The van der Waals surface area contributed by atoms with Gasteiger partial charge in [-0.15, -0.1) is 11.3 Å². The third kappa shape index (κ3) is 2.67. The van der Waals surface area contributed by atoms with Crippen LogP contribution in [0.25, 0.3) is 0 Å². The molecule has 1 amide bonds. The molecular formula is C16H21N3O2S. The molecule has 5 nitrogen and oxygen atoms in total. The summed E-state index contributed by atoms with van der Waals surface area (Å²) in [6.45, 7) is 11.2. The van der Waals surface area contributed by atoms with Crippen molar-refractivity contribution in [1.29, 1.82) is 0 Å². The molecule has 0 fully saturated rings. The zero-order valence-corrected chi connectivity index (χ0v) is 14.5. The maximum atomic E-state index is 12.7. The third-order valence-corrected chi connectivity index (χ3v) is 4.82. The lowest BCUT2D eigenvalue weighted by Crippen LogP contribution is -2.35. The average molecular weight is 319 g/mol. The van der Waals surface area contributed by atoms with Crippen molar-refractivity contribution in [2.24, 2.45) is 0 Å². The Bertz CT molecular complexity index is 724. The number of hydrogen-bond donors (Lipinski definition) is 0. The number of aromatic nitrogens is 2. The Balaban J connectivity index is 1.84. The van der Waals surface area contributed by atoms with Gasteiger partial charge in [-0.3, -0.25) is 4.79 Å². The van der Waals surface area contributed by atoms with Gasteiger partial charge in [0.05, 0.1) is 17.2 Å². The predicted octanol–water partition coefficient (Wildman–Crippen LogP) is 3.24. The van der Waals surface area contributed by atoms with Crippen LogP contribution < -0.4 is 0 Å². The molecule has 3 rings (SSSR count). The zero-order chi connectivity index (χ0) is 16.1. The molecule has 0 radical (unpaired) electrons. The lowest BCUT2D eigenvalue weighted by Gasteiger charge is -2.24. The summed E-state index contributed by atoms with van der Waals surface area (Å²) in [7, 11) is 0. The second-order valence-corrected chi connectivity index (χ2v) is 7.97. The number of amides is 1. The first-order valence-corrected chi connectivity index (χ1v) is 8.29. The number of hydrogen-bond acceptors (Lipinski definition) is 5. The van der Waals surface area contributed by atoms with Crippen molar-refractivity contribution in [3.63, 3.8) is 0 Å². The second kappa shape index (κ2) is 5.19. The van der Waals surface area contributed by atoms with Crippen LogP contribution in [-0.2, 0) is 18.4 Å². The summed E-state index contributed by atoms with van der Waals surface area (Å²) in [5.74, 6) is 1.72. The Morgan fingerprint density at radius 1 is 1.27 bits per heavy atom. The van der Waals surface area contributed by atoms with Crippen molar-refractivity contribution in [2.75, 3.05) is 6.54 Å². The third-order valence-electron chi connectivity index (χ3n) is 3.75. The Kier molecular flexibility index (Phi) is 3.59.